The van der Waals surface area contributed by atoms with Crippen molar-refractivity contribution in [1.82, 2.24) is 14.8 Å². The van der Waals surface area contributed by atoms with Crippen LogP contribution in [-0.2, 0) is 13.0 Å². The van der Waals surface area contributed by atoms with Crippen LogP contribution in [0.5, 0.6) is 5.75 Å². The molecule has 4 aromatic rings. The predicted octanol–water partition coefficient (Wildman–Crippen LogP) is 4.93. The molecule has 0 unspecified atom stereocenters. The third-order valence-corrected chi connectivity index (χ3v) is 5.39. The standard InChI is InChI=1S/C22H21N3O2S/c1-26-19-11-9-17(10-12-19)13-15-28-22-24-23-21(20-8-5-14-27-20)25(22)16-18-6-3-2-4-7-18/h2-12,14H,13,15-16H2,1H3. The molecule has 0 N–H and O–H groups in total. The summed E-state index contributed by atoms with van der Waals surface area (Å²) in [6.45, 7) is 0.703. The highest BCUT2D eigenvalue weighted by Crippen LogP contribution is 2.26. The van der Waals surface area contributed by atoms with E-state index < -0.39 is 0 Å². The number of furan rings is 1. The first-order valence-corrected chi connectivity index (χ1v) is 10.1. The topological polar surface area (TPSA) is 53.1 Å². The Morgan fingerprint density at radius 2 is 1.75 bits per heavy atom. The quantitative estimate of drug-likeness (QED) is 0.399. The Balaban J connectivity index is 1.51. The zero-order valence-corrected chi connectivity index (χ0v) is 16.4. The van der Waals surface area contributed by atoms with Crippen molar-refractivity contribution in [2.24, 2.45) is 0 Å². The molecule has 0 saturated heterocycles. The Morgan fingerprint density at radius 1 is 0.929 bits per heavy atom. The van der Waals surface area contributed by atoms with Crippen LogP contribution in [0.15, 0.2) is 82.6 Å². The zero-order valence-electron chi connectivity index (χ0n) is 15.6. The van der Waals surface area contributed by atoms with Gasteiger partial charge in [-0.1, -0.05) is 54.2 Å². The van der Waals surface area contributed by atoms with Crippen molar-refractivity contribution in [1.29, 1.82) is 0 Å². The van der Waals surface area contributed by atoms with Crippen molar-refractivity contribution in [3.05, 3.63) is 84.1 Å². The fourth-order valence-electron chi connectivity index (χ4n) is 2.94. The molecule has 0 bridgehead atoms. The molecule has 0 fully saturated rings. The molecule has 0 aliphatic heterocycles. The predicted molar refractivity (Wildman–Crippen MR) is 111 cm³/mol. The van der Waals surface area contributed by atoms with Gasteiger partial charge in [0.25, 0.3) is 0 Å². The largest absolute Gasteiger partial charge is 0.497 e. The van der Waals surface area contributed by atoms with E-state index in [1.165, 1.54) is 11.1 Å². The second kappa shape index (κ2) is 8.80. The summed E-state index contributed by atoms with van der Waals surface area (Å²) in [5.41, 5.74) is 2.47. The Morgan fingerprint density at radius 3 is 2.46 bits per heavy atom. The molecule has 0 radical (unpaired) electrons. The molecule has 0 saturated carbocycles. The van der Waals surface area contributed by atoms with Gasteiger partial charge in [-0.3, -0.25) is 4.57 Å². The Labute approximate surface area is 168 Å². The Bertz CT molecular complexity index is 996. The lowest BCUT2D eigenvalue weighted by molar-refractivity contribution is 0.414. The second-order valence-electron chi connectivity index (χ2n) is 6.30. The molecule has 6 heteroatoms. The first-order valence-electron chi connectivity index (χ1n) is 9.10. The van der Waals surface area contributed by atoms with E-state index in [4.69, 9.17) is 9.15 Å². The monoisotopic (exact) mass is 391 g/mol. The van der Waals surface area contributed by atoms with Crippen LogP contribution in [0.25, 0.3) is 11.6 Å². The van der Waals surface area contributed by atoms with Gasteiger partial charge in [0.15, 0.2) is 10.9 Å². The van der Waals surface area contributed by atoms with E-state index >= 15 is 0 Å². The van der Waals surface area contributed by atoms with Crippen LogP contribution in [0, 0.1) is 0 Å². The summed E-state index contributed by atoms with van der Waals surface area (Å²) in [7, 11) is 1.68. The molecule has 5 nitrogen and oxygen atoms in total. The highest BCUT2D eigenvalue weighted by atomic mass is 32.2. The van der Waals surface area contributed by atoms with Crippen LogP contribution in [0.4, 0.5) is 0 Å². The smallest absolute Gasteiger partial charge is 0.200 e. The van der Waals surface area contributed by atoms with Crippen LogP contribution in [0.1, 0.15) is 11.1 Å². The number of hydrogen-bond donors (Lipinski definition) is 0. The number of aryl methyl sites for hydroxylation is 1. The summed E-state index contributed by atoms with van der Waals surface area (Å²) in [5, 5.41) is 9.70. The normalized spacial score (nSPS) is 10.9. The van der Waals surface area contributed by atoms with Crippen molar-refractivity contribution >= 4 is 11.8 Å². The molecule has 0 aliphatic rings. The second-order valence-corrected chi connectivity index (χ2v) is 7.36. The number of benzene rings is 2. The summed E-state index contributed by atoms with van der Waals surface area (Å²) < 4.78 is 12.9. The molecule has 28 heavy (non-hydrogen) atoms. The maximum Gasteiger partial charge on any atom is 0.200 e. The van der Waals surface area contributed by atoms with E-state index in [1.54, 1.807) is 25.1 Å². The third-order valence-electron chi connectivity index (χ3n) is 4.42. The molecular formula is C22H21N3O2S. The van der Waals surface area contributed by atoms with E-state index in [0.29, 0.717) is 6.54 Å². The summed E-state index contributed by atoms with van der Waals surface area (Å²) in [4.78, 5) is 0. The molecule has 2 aromatic carbocycles. The molecule has 0 spiro atoms. The van der Waals surface area contributed by atoms with Crippen molar-refractivity contribution < 1.29 is 9.15 Å². The van der Waals surface area contributed by atoms with Crippen LogP contribution >= 0.6 is 11.8 Å². The van der Waals surface area contributed by atoms with Gasteiger partial charge in [-0.25, -0.2) is 0 Å². The van der Waals surface area contributed by atoms with Gasteiger partial charge < -0.3 is 9.15 Å². The van der Waals surface area contributed by atoms with Gasteiger partial charge in [-0.2, -0.15) is 0 Å². The molecular weight excluding hydrogens is 370 g/mol. The maximum absolute atomic E-state index is 5.56. The first-order chi connectivity index (χ1) is 13.8. The van der Waals surface area contributed by atoms with Gasteiger partial charge in [0.2, 0.25) is 5.82 Å². The number of ether oxygens (including phenoxy) is 1. The Hall–Kier alpha value is -2.99. The lowest BCUT2D eigenvalue weighted by Crippen LogP contribution is -2.04. The number of nitrogens with zero attached hydrogens (tertiary/aromatic N) is 3. The first kappa shape index (κ1) is 18.4. The van der Waals surface area contributed by atoms with Crippen LogP contribution < -0.4 is 4.74 Å². The minimum Gasteiger partial charge on any atom is -0.497 e. The molecule has 2 heterocycles. The zero-order chi connectivity index (χ0) is 19.2. The summed E-state index contributed by atoms with van der Waals surface area (Å²) in [6.07, 6.45) is 2.61. The molecule has 0 aliphatic carbocycles. The van der Waals surface area contributed by atoms with Gasteiger partial charge in [-0.05, 0) is 41.8 Å². The SMILES string of the molecule is COc1ccc(CCSc2nnc(-c3ccco3)n2Cc2ccccc2)cc1. The van der Waals surface area contributed by atoms with Crippen LogP contribution in [0.3, 0.4) is 0 Å². The fourth-order valence-corrected chi connectivity index (χ4v) is 3.87. The van der Waals surface area contributed by atoms with Gasteiger partial charge in [0, 0.05) is 5.75 Å². The van der Waals surface area contributed by atoms with Gasteiger partial charge >= 0.3 is 0 Å². The van der Waals surface area contributed by atoms with E-state index in [2.05, 4.69) is 39.0 Å². The summed E-state index contributed by atoms with van der Waals surface area (Å²) >= 11 is 1.71. The molecule has 142 valence electrons. The number of rotatable bonds is 8. The van der Waals surface area contributed by atoms with E-state index in [0.717, 1.165) is 34.7 Å². The average Bonchev–Trinajstić information content (AvgIpc) is 3.40. The van der Waals surface area contributed by atoms with Crippen molar-refractivity contribution in [2.45, 2.75) is 18.1 Å². The van der Waals surface area contributed by atoms with Gasteiger partial charge in [-0.15, -0.1) is 10.2 Å². The average molecular weight is 391 g/mol. The highest BCUT2D eigenvalue weighted by molar-refractivity contribution is 7.99. The van der Waals surface area contributed by atoms with Gasteiger partial charge in [0.05, 0.1) is 19.9 Å². The molecule has 4 rings (SSSR count). The van der Waals surface area contributed by atoms with Crippen molar-refractivity contribution in [3.8, 4) is 17.3 Å². The highest BCUT2D eigenvalue weighted by Gasteiger charge is 2.16. The van der Waals surface area contributed by atoms with Crippen LogP contribution in [-0.4, -0.2) is 27.6 Å². The van der Waals surface area contributed by atoms with E-state index in [9.17, 15) is 0 Å². The van der Waals surface area contributed by atoms with E-state index in [-0.39, 0.29) is 0 Å². The molecule has 0 atom stereocenters. The number of thioether (sulfide) groups is 1. The van der Waals surface area contributed by atoms with Crippen molar-refractivity contribution in [2.75, 3.05) is 12.9 Å². The lowest BCUT2D eigenvalue weighted by Gasteiger charge is -2.09. The maximum atomic E-state index is 5.56. The third kappa shape index (κ3) is 4.28. The molecule has 0 amide bonds. The molecule has 2 aromatic heterocycles. The summed E-state index contributed by atoms with van der Waals surface area (Å²) in [5.74, 6) is 3.27. The lowest BCUT2D eigenvalue weighted by atomic mass is 10.2. The Kier molecular flexibility index (Phi) is 5.77. The minimum absolute atomic E-state index is 0.703. The minimum atomic E-state index is 0.703. The van der Waals surface area contributed by atoms with Crippen molar-refractivity contribution in [3.63, 3.8) is 0 Å². The number of hydrogen-bond acceptors (Lipinski definition) is 5. The summed E-state index contributed by atoms with van der Waals surface area (Å²) in [6, 6.07) is 22.3. The van der Waals surface area contributed by atoms with E-state index in [1.807, 2.05) is 42.5 Å². The number of aromatic nitrogens is 3. The van der Waals surface area contributed by atoms with Gasteiger partial charge in [0.1, 0.15) is 5.75 Å². The number of methoxy groups -OCH3 is 1. The fraction of sp³-hybridized carbons (Fsp3) is 0.182. The van der Waals surface area contributed by atoms with Crippen LogP contribution in [0.2, 0.25) is 0 Å².